The molecule has 0 saturated carbocycles. The Labute approximate surface area is 129 Å². The number of H-pyrrole nitrogens is 1. The topological polar surface area (TPSA) is 95.3 Å². The first-order chi connectivity index (χ1) is 9.22. The minimum absolute atomic E-state index is 0.191. The lowest BCUT2D eigenvalue weighted by molar-refractivity contribution is -0.0114. The van der Waals surface area contributed by atoms with Crippen LogP contribution in [0.5, 0.6) is 0 Å². The molecule has 0 amide bonds. The summed E-state index contributed by atoms with van der Waals surface area (Å²) in [7, 11) is 0. The Morgan fingerprint density at radius 1 is 1.50 bits per heavy atom. The molecule has 1 aliphatic carbocycles. The maximum absolute atomic E-state index is 12.0. The normalized spacial score (nSPS) is 33.4. The molecule has 20 heavy (non-hydrogen) atoms. The number of nitrogens with one attached hydrogen (secondary N) is 1. The highest BCUT2D eigenvalue weighted by Gasteiger charge is 2.43. The molecule has 0 saturated heterocycles. The molecule has 0 bridgehead atoms. The smallest absolute Gasteiger partial charge is 0.329 e. The van der Waals surface area contributed by atoms with Crippen molar-refractivity contribution in [2.24, 2.45) is 5.41 Å². The minimum Gasteiger partial charge on any atom is -0.396 e. The fourth-order valence-corrected chi connectivity index (χ4v) is 3.07. The van der Waals surface area contributed by atoms with Gasteiger partial charge >= 0.3 is 5.69 Å². The van der Waals surface area contributed by atoms with E-state index in [1.54, 1.807) is 19.1 Å². The van der Waals surface area contributed by atoms with Gasteiger partial charge in [-0.15, -0.1) is 0 Å². The van der Waals surface area contributed by atoms with Gasteiger partial charge in [-0.1, -0.05) is 19.1 Å². The Hall–Kier alpha value is -0.930. The Kier molecular flexibility index (Phi) is 3.96. The summed E-state index contributed by atoms with van der Waals surface area (Å²) in [5.41, 5.74) is -2.36. The monoisotopic (exact) mass is 392 g/mol. The molecular formula is C13H17IN2O4. The maximum atomic E-state index is 12.0. The Balaban J connectivity index is 2.58. The summed E-state index contributed by atoms with van der Waals surface area (Å²) >= 11 is 1.87. The first kappa shape index (κ1) is 15.5. The second kappa shape index (κ2) is 5.12. The molecule has 0 fully saturated rings. The van der Waals surface area contributed by atoms with Gasteiger partial charge in [-0.3, -0.25) is 14.3 Å². The van der Waals surface area contributed by atoms with Gasteiger partial charge in [-0.2, -0.15) is 0 Å². The zero-order valence-corrected chi connectivity index (χ0v) is 13.4. The lowest BCUT2D eigenvalue weighted by atomic mass is 9.70. The van der Waals surface area contributed by atoms with Gasteiger partial charge in [0, 0.05) is 11.6 Å². The van der Waals surface area contributed by atoms with Crippen LogP contribution in [0.3, 0.4) is 0 Å². The number of hydrogen-bond donors (Lipinski definition) is 3. The van der Waals surface area contributed by atoms with Crippen LogP contribution < -0.4 is 11.2 Å². The second-order valence-corrected chi connectivity index (χ2v) is 6.92. The van der Waals surface area contributed by atoms with Crippen LogP contribution in [-0.2, 0) is 5.54 Å². The van der Waals surface area contributed by atoms with Crippen molar-refractivity contribution in [3.05, 3.63) is 42.8 Å². The highest BCUT2D eigenvalue weighted by Crippen LogP contribution is 2.40. The first-order valence-electron chi connectivity index (χ1n) is 6.22. The number of halogens is 1. The number of allylic oxidation sites excluding steroid dienone is 1. The fraction of sp³-hybridized carbons (Fsp3) is 0.538. The van der Waals surface area contributed by atoms with Gasteiger partial charge in [0.1, 0.15) is 0 Å². The molecule has 0 unspecified atom stereocenters. The van der Waals surface area contributed by atoms with E-state index < -0.39 is 28.3 Å². The molecule has 0 radical (unpaired) electrons. The van der Waals surface area contributed by atoms with E-state index in [-0.39, 0.29) is 6.61 Å². The molecular weight excluding hydrogens is 375 g/mol. The second-order valence-electron chi connectivity index (χ2n) is 5.76. The third-order valence-corrected chi connectivity index (χ3v) is 4.69. The summed E-state index contributed by atoms with van der Waals surface area (Å²) in [6.07, 6.45) is 4.45. The number of aliphatic hydroxyl groups excluding tert-OH is 2. The molecule has 1 aromatic rings. The van der Waals surface area contributed by atoms with E-state index in [0.29, 0.717) is 9.99 Å². The lowest BCUT2D eigenvalue weighted by Crippen LogP contribution is -2.50. The Bertz CT molecular complexity index is 665. The van der Waals surface area contributed by atoms with E-state index in [9.17, 15) is 19.8 Å². The summed E-state index contributed by atoms with van der Waals surface area (Å²) in [4.78, 5) is 25.7. The van der Waals surface area contributed by atoms with Crippen LogP contribution in [0, 0.1) is 8.99 Å². The van der Waals surface area contributed by atoms with E-state index in [1.165, 1.54) is 10.8 Å². The number of aromatic nitrogens is 2. The molecule has 110 valence electrons. The third kappa shape index (κ3) is 2.49. The van der Waals surface area contributed by atoms with E-state index in [0.717, 1.165) is 0 Å². The van der Waals surface area contributed by atoms with E-state index >= 15 is 0 Å². The summed E-state index contributed by atoms with van der Waals surface area (Å²) in [6.45, 7) is 3.41. The van der Waals surface area contributed by atoms with Gasteiger partial charge in [-0.25, -0.2) is 4.79 Å². The van der Waals surface area contributed by atoms with Gasteiger partial charge in [-0.05, 0) is 35.9 Å². The zero-order valence-electron chi connectivity index (χ0n) is 11.3. The van der Waals surface area contributed by atoms with Crippen molar-refractivity contribution in [2.75, 3.05) is 6.61 Å². The molecule has 0 aliphatic heterocycles. The summed E-state index contributed by atoms with van der Waals surface area (Å²) < 4.78 is 1.85. The molecule has 1 aliphatic rings. The molecule has 1 heterocycles. The molecule has 0 aromatic carbocycles. The van der Waals surface area contributed by atoms with Gasteiger partial charge in [0.05, 0.1) is 21.8 Å². The average Bonchev–Trinajstić information content (AvgIpc) is 2.38. The van der Waals surface area contributed by atoms with E-state index in [4.69, 9.17) is 0 Å². The van der Waals surface area contributed by atoms with E-state index in [2.05, 4.69) is 4.98 Å². The zero-order chi connectivity index (χ0) is 15.1. The number of aromatic amines is 1. The van der Waals surface area contributed by atoms with E-state index in [1.807, 2.05) is 29.5 Å². The highest BCUT2D eigenvalue weighted by atomic mass is 127. The van der Waals surface area contributed by atoms with Crippen LogP contribution in [0.2, 0.25) is 0 Å². The highest BCUT2D eigenvalue weighted by molar-refractivity contribution is 14.1. The predicted molar refractivity (Wildman–Crippen MR) is 82.6 cm³/mol. The van der Waals surface area contributed by atoms with Crippen LogP contribution >= 0.6 is 22.6 Å². The molecule has 3 N–H and O–H groups in total. The Morgan fingerprint density at radius 2 is 2.15 bits per heavy atom. The van der Waals surface area contributed by atoms with Gasteiger partial charge in [0.15, 0.2) is 0 Å². The van der Waals surface area contributed by atoms with Gasteiger partial charge in [0.25, 0.3) is 5.56 Å². The molecule has 0 spiro atoms. The third-order valence-electron chi connectivity index (χ3n) is 3.92. The predicted octanol–water partition coefficient (Wildman–Crippen LogP) is 0.176. The van der Waals surface area contributed by atoms with Crippen molar-refractivity contribution in [2.45, 2.75) is 31.9 Å². The lowest BCUT2D eigenvalue weighted by Gasteiger charge is -2.43. The quantitative estimate of drug-likeness (QED) is 0.494. The van der Waals surface area contributed by atoms with Crippen LogP contribution in [0.15, 0.2) is 27.9 Å². The van der Waals surface area contributed by atoms with Crippen molar-refractivity contribution in [1.82, 2.24) is 9.55 Å². The SMILES string of the molecule is C[C@@]1(CO)C[C@](C)(n2cc(I)c(=O)[nH]c2=O)C=C[C@H]1O. The number of hydrogen-bond acceptors (Lipinski definition) is 4. The molecule has 2 rings (SSSR count). The maximum Gasteiger partial charge on any atom is 0.329 e. The van der Waals surface area contributed by atoms with Crippen LogP contribution in [0.4, 0.5) is 0 Å². The minimum atomic E-state index is -0.766. The van der Waals surface area contributed by atoms with Crippen LogP contribution in [0.25, 0.3) is 0 Å². The fourth-order valence-electron chi connectivity index (χ4n) is 2.65. The largest absolute Gasteiger partial charge is 0.396 e. The van der Waals surface area contributed by atoms with Gasteiger partial charge in [0.2, 0.25) is 0 Å². The first-order valence-corrected chi connectivity index (χ1v) is 7.30. The average molecular weight is 392 g/mol. The van der Waals surface area contributed by atoms with Gasteiger partial charge < -0.3 is 10.2 Å². The van der Waals surface area contributed by atoms with Crippen molar-refractivity contribution >= 4 is 22.6 Å². The number of rotatable bonds is 2. The van der Waals surface area contributed by atoms with Crippen molar-refractivity contribution in [3.63, 3.8) is 0 Å². The standard InChI is InChI=1S/C13H17IN2O4/c1-12(7-17)6-13(2,4-3-9(12)18)16-5-8(14)10(19)15-11(16)20/h3-5,9,17-18H,6-7H2,1-2H3,(H,15,19,20)/t9-,12+,13-/m1/s1. The summed E-state index contributed by atoms with van der Waals surface area (Å²) in [5, 5.41) is 19.5. The summed E-state index contributed by atoms with van der Waals surface area (Å²) in [6, 6.07) is 0. The van der Waals surface area contributed by atoms with Crippen LogP contribution in [0.1, 0.15) is 20.3 Å². The summed E-state index contributed by atoms with van der Waals surface area (Å²) in [5.74, 6) is 0. The molecule has 6 nitrogen and oxygen atoms in total. The number of nitrogens with zero attached hydrogens (tertiary/aromatic N) is 1. The molecule has 3 atom stereocenters. The van der Waals surface area contributed by atoms with Crippen molar-refractivity contribution in [3.8, 4) is 0 Å². The molecule has 1 aromatic heterocycles. The number of aliphatic hydroxyl groups is 2. The van der Waals surface area contributed by atoms with Crippen molar-refractivity contribution in [1.29, 1.82) is 0 Å². The Morgan fingerprint density at radius 3 is 2.75 bits per heavy atom. The molecule has 7 heteroatoms. The van der Waals surface area contributed by atoms with Crippen LogP contribution in [-0.4, -0.2) is 32.5 Å². The van der Waals surface area contributed by atoms with Crippen molar-refractivity contribution < 1.29 is 10.2 Å².